The number of likely N-dealkylation sites (tertiary alicyclic amines) is 1. The average molecular weight is 181 g/mol. The van der Waals surface area contributed by atoms with Gasteiger partial charge in [0.05, 0.1) is 5.70 Å². The van der Waals surface area contributed by atoms with E-state index in [4.69, 9.17) is 0 Å². The Morgan fingerprint density at radius 2 is 1.69 bits per heavy atom. The van der Waals surface area contributed by atoms with Crippen molar-refractivity contribution in [1.82, 2.24) is 4.90 Å². The lowest BCUT2D eigenvalue weighted by Crippen LogP contribution is -2.29. The maximum absolute atomic E-state index is 13.4. The predicted octanol–water partition coefficient (Wildman–Crippen LogP) is 3.00. The number of allylic oxidation sites excluding steroid dienone is 3. The maximum atomic E-state index is 13.4. The van der Waals surface area contributed by atoms with E-state index >= 15 is 0 Å². The molecule has 2 rings (SSSR count). The van der Waals surface area contributed by atoms with Crippen LogP contribution in [0.15, 0.2) is 23.7 Å². The first kappa shape index (κ1) is 8.79. The molecule has 13 heavy (non-hydrogen) atoms. The molecular weight excluding hydrogens is 165 g/mol. The Morgan fingerprint density at radius 3 is 2.38 bits per heavy atom. The molecule has 0 N–H and O–H groups in total. The molecule has 1 aliphatic carbocycles. The van der Waals surface area contributed by atoms with Crippen molar-refractivity contribution in [3.8, 4) is 0 Å². The molecule has 0 radical (unpaired) electrons. The lowest BCUT2D eigenvalue weighted by molar-refractivity contribution is 0.278. The first-order valence-electron chi connectivity index (χ1n) is 5.19. The molecule has 0 aromatic heterocycles. The lowest BCUT2D eigenvalue weighted by atomic mass is 10.1. The fraction of sp³-hybridized carbons (Fsp3) is 0.636. The van der Waals surface area contributed by atoms with Crippen molar-refractivity contribution in [2.24, 2.45) is 0 Å². The third kappa shape index (κ3) is 1.93. The second kappa shape index (κ2) is 3.95. The molecule has 2 heteroatoms. The van der Waals surface area contributed by atoms with Crippen LogP contribution >= 0.6 is 0 Å². The van der Waals surface area contributed by atoms with Gasteiger partial charge in [0.2, 0.25) is 0 Å². The minimum atomic E-state index is -0.00634. The molecule has 1 saturated heterocycles. The SMILES string of the molecule is FC1=CCCC=C1N1CCCCC1. The summed E-state index contributed by atoms with van der Waals surface area (Å²) < 4.78 is 13.4. The summed E-state index contributed by atoms with van der Waals surface area (Å²) in [5, 5.41) is 0. The van der Waals surface area contributed by atoms with E-state index in [2.05, 4.69) is 4.90 Å². The highest BCUT2D eigenvalue weighted by Gasteiger charge is 2.17. The topological polar surface area (TPSA) is 3.24 Å². The van der Waals surface area contributed by atoms with Crippen LogP contribution in [-0.2, 0) is 0 Å². The third-order valence-corrected chi connectivity index (χ3v) is 2.77. The van der Waals surface area contributed by atoms with Gasteiger partial charge in [-0.25, -0.2) is 4.39 Å². The normalized spacial score (nSPS) is 23.9. The molecule has 2 aliphatic rings. The first-order chi connectivity index (χ1) is 6.38. The smallest absolute Gasteiger partial charge is 0.142 e. The zero-order valence-electron chi connectivity index (χ0n) is 7.93. The van der Waals surface area contributed by atoms with Gasteiger partial charge in [0.15, 0.2) is 0 Å². The van der Waals surface area contributed by atoms with Gasteiger partial charge in [-0.05, 0) is 38.2 Å². The van der Waals surface area contributed by atoms with Gasteiger partial charge in [0, 0.05) is 13.1 Å². The van der Waals surface area contributed by atoms with E-state index in [1.165, 1.54) is 19.3 Å². The fourth-order valence-electron chi connectivity index (χ4n) is 2.05. The van der Waals surface area contributed by atoms with Gasteiger partial charge in [-0.3, -0.25) is 0 Å². The van der Waals surface area contributed by atoms with Crippen LogP contribution in [0.1, 0.15) is 32.1 Å². The number of hydrogen-bond donors (Lipinski definition) is 0. The minimum absolute atomic E-state index is 0.00634. The molecule has 1 heterocycles. The summed E-state index contributed by atoms with van der Waals surface area (Å²) in [7, 11) is 0. The molecule has 1 nitrogen and oxygen atoms in total. The van der Waals surface area contributed by atoms with Crippen LogP contribution in [0.2, 0.25) is 0 Å². The van der Waals surface area contributed by atoms with E-state index in [9.17, 15) is 4.39 Å². The highest BCUT2D eigenvalue weighted by atomic mass is 19.1. The van der Waals surface area contributed by atoms with E-state index in [-0.39, 0.29) is 5.83 Å². The first-order valence-corrected chi connectivity index (χ1v) is 5.19. The quantitative estimate of drug-likeness (QED) is 0.601. The molecule has 1 aliphatic heterocycles. The van der Waals surface area contributed by atoms with Gasteiger partial charge in [0.1, 0.15) is 5.83 Å². The Morgan fingerprint density at radius 1 is 1.00 bits per heavy atom. The third-order valence-electron chi connectivity index (χ3n) is 2.77. The lowest BCUT2D eigenvalue weighted by Gasteiger charge is -2.31. The van der Waals surface area contributed by atoms with Crippen molar-refractivity contribution in [1.29, 1.82) is 0 Å². The number of halogens is 1. The van der Waals surface area contributed by atoms with Gasteiger partial charge < -0.3 is 4.90 Å². The summed E-state index contributed by atoms with van der Waals surface area (Å²) in [5.41, 5.74) is 0.853. The Hall–Kier alpha value is -0.790. The Balaban J connectivity index is 2.05. The second-order valence-electron chi connectivity index (χ2n) is 3.77. The molecule has 72 valence electrons. The Bertz CT molecular complexity index is 236. The molecule has 0 spiro atoms. The summed E-state index contributed by atoms with van der Waals surface area (Å²) >= 11 is 0. The van der Waals surface area contributed by atoms with Crippen LogP contribution < -0.4 is 0 Å². The average Bonchev–Trinajstić information content (AvgIpc) is 2.20. The molecule has 0 atom stereocenters. The van der Waals surface area contributed by atoms with Crippen molar-refractivity contribution in [2.45, 2.75) is 32.1 Å². The summed E-state index contributed by atoms with van der Waals surface area (Å²) in [5.74, 6) is -0.00634. The van der Waals surface area contributed by atoms with Gasteiger partial charge in [-0.1, -0.05) is 6.08 Å². The van der Waals surface area contributed by atoms with E-state index in [1.807, 2.05) is 6.08 Å². The van der Waals surface area contributed by atoms with Crippen molar-refractivity contribution in [2.75, 3.05) is 13.1 Å². The monoisotopic (exact) mass is 181 g/mol. The standard InChI is InChI=1S/C11H16FN/c12-10-6-2-3-7-11(10)13-8-4-1-5-9-13/h6-7H,1-5,8-9H2. The van der Waals surface area contributed by atoms with Crippen LogP contribution in [0.5, 0.6) is 0 Å². The van der Waals surface area contributed by atoms with Crippen LogP contribution in [0.4, 0.5) is 4.39 Å². The number of hydrogen-bond acceptors (Lipinski definition) is 1. The van der Waals surface area contributed by atoms with E-state index in [0.717, 1.165) is 31.6 Å². The van der Waals surface area contributed by atoms with Crippen molar-refractivity contribution < 1.29 is 4.39 Å². The van der Waals surface area contributed by atoms with Crippen molar-refractivity contribution >= 4 is 0 Å². The predicted molar refractivity (Wildman–Crippen MR) is 51.9 cm³/mol. The fourth-order valence-corrected chi connectivity index (χ4v) is 2.05. The Labute approximate surface area is 78.9 Å². The molecular formula is C11H16FN. The van der Waals surface area contributed by atoms with Crippen LogP contribution in [0, 0.1) is 0 Å². The number of piperidine rings is 1. The Kier molecular flexibility index (Phi) is 2.67. The van der Waals surface area contributed by atoms with E-state index in [0.29, 0.717) is 0 Å². The van der Waals surface area contributed by atoms with Crippen molar-refractivity contribution in [3.05, 3.63) is 23.7 Å². The zero-order chi connectivity index (χ0) is 9.10. The molecule has 1 fully saturated rings. The minimum Gasteiger partial charge on any atom is -0.369 e. The zero-order valence-corrected chi connectivity index (χ0v) is 7.93. The molecule has 0 aromatic rings. The highest BCUT2D eigenvalue weighted by Crippen LogP contribution is 2.25. The molecule has 0 amide bonds. The largest absolute Gasteiger partial charge is 0.369 e. The van der Waals surface area contributed by atoms with Crippen LogP contribution in [0.25, 0.3) is 0 Å². The molecule has 0 bridgehead atoms. The number of nitrogens with zero attached hydrogens (tertiary/aromatic N) is 1. The van der Waals surface area contributed by atoms with Crippen molar-refractivity contribution in [3.63, 3.8) is 0 Å². The summed E-state index contributed by atoms with van der Waals surface area (Å²) in [6, 6.07) is 0. The van der Waals surface area contributed by atoms with Gasteiger partial charge in [-0.15, -0.1) is 0 Å². The highest BCUT2D eigenvalue weighted by molar-refractivity contribution is 5.27. The number of rotatable bonds is 1. The maximum Gasteiger partial charge on any atom is 0.142 e. The van der Waals surface area contributed by atoms with Crippen LogP contribution in [0.3, 0.4) is 0 Å². The van der Waals surface area contributed by atoms with Gasteiger partial charge in [-0.2, -0.15) is 0 Å². The second-order valence-corrected chi connectivity index (χ2v) is 3.77. The molecule has 0 aromatic carbocycles. The molecule has 0 unspecified atom stereocenters. The molecule has 0 saturated carbocycles. The summed E-state index contributed by atoms with van der Waals surface area (Å²) in [4.78, 5) is 2.19. The summed E-state index contributed by atoms with van der Waals surface area (Å²) in [6.07, 6.45) is 9.34. The van der Waals surface area contributed by atoms with E-state index < -0.39 is 0 Å². The van der Waals surface area contributed by atoms with Gasteiger partial charge in [0.25, 0.3) is 0 Å². The van der Waals surface area contributed by atoms with Crippen LogP contribution in [-0.4, -0.2) is 18.0 Å². The van der Waals surface area contributed by atoms with E-state index in [1.54, 1.807) is 6.08 Å². The van der Waals surface area contributed by atoms with Gasteiger partial charge >= 0.3 is 0 Å². The summed E-state index contributed by atoms with van der Waals surface area (Å²) in [6.45, 7) is 2.07.